The highest BCUT2D eigenvalue weighted by molar-refractivity contribution is 5.79. The minimum atomic E-state index is -0.124. The van der Waals surface area contributed by atoms with Crippen LogP contribution in [0.25, 0.3) is 0 Å². The normalized spacial score (nSPS) is 25.9. The van der Waals surface area contributed by atoms with Gasteiger partial charge >= 0.3 is 0 Å². The second-order valence-electron chi connectivity index (χ2n) is 5.26. The fourth-order valence-electron chi connectivity index (χ4n) is 2.63. The molecule has 4 heteroatoms. The van der Waals surface area contributed by atoms with Crippen LogP contribution in [0.1, 0.15) is 25.3 Å². The Hall–Kier alpha value is -1.71. The van der Waals surface area contributed by atoms with Crippen molar-refractivity contribution in [2.45, 2.75) is 31.7 Å². The topological polar surface area (TPSA) is 47.6 Å². The molecule has 0 bridgehead atoms. The molecule has 96 valence electrons. The summed E-state index contributed by atoms with van der Waals surface area (Å²) in [5.41, 5.74) is 1.05. The molecule has 0 radical (unpaired) electrons. The third-order valence-electron chi connectivity index (χ3n) is 3.55. The lowest BCUT2D eigenvalue weighted by atomic mass is 9.91. The average Bonchev–Trinajstić information content (AvgIpc) is 2.69. The molecule has 0 aromatic heterocycles. The SMILES string of the molecule is CC1(Cc2ccc3c(c2)OCCO3)CCC(=O)N1. The lowest BCUT2D eigenvalue weighted by Gasteiger charge is -2.25. The Bertz CT molecular complexity index is 486. The summed E-state index contributed by atoms with van der Waals surface area (Å²) in [6.45, 7) is 3.30. The minimum Gasteiger partial charge on any atom is -0.486 e. The summed E-state index contributed by atoms with van der Waals surface area (Å²) in [6.07, 6.45) is 2.34. The average molecular weight is 247 g/mol. The molecule has 2 aliphatic heterocycles. The van der Waals surface area contributed by atoms with Gasteiger partial charge in [0.2, 0.25) is 5.91 Å². The van der Waals surface area contributed by atoms with Gasteiger partial charge in [0.15, 0.2) is 11.5 Å². The first-order chi connectivity index (χ1) is 8.65. The third-order valence-corrected chi connectivity index (χ3v) is 3.55. The van der Waals surface area contributed by atoms with Gasteiger partial charge < -0.3 is 14.8 Å². The van der Waals surface area contributed by atoms with Crippen LogP contribution in [0.4, 0.5) is 0 Å². The number of carbonyl (C=O) groups is 1. The van der Waals surface area contributed by atoms with E-state index < -0.39 is 0 Å². The summed E-state index contributed by atoms with van der Waals surface area (Å²) < 4.78 is 11.1. The Morgan fingerprint density at radius 3 is 2.78 bits per heavy atom. The van der Waals surface area contributed by atoms with E-state index in [1.54, 1.807) is 0 Å². The van der Waals surface area contributed by atoms with Crippen LogP contribution in [-0.2, 0) is 11.2 Å². The lowest BCUT2D eigenvalue weighted by Crippen LogP contribution is -2.40. The molecule has 1 amide bonds. The summed E-state index contributed by atoms with van der Waals surface area (Å²) in [5.74, 6) is 1.77. The minimum absolute atomic E-state index is 0.124. The summed E-state index contributed by atoms with van der Waals surface area (Å²) in [5, 5.41) is 3.05. The molecule has 4 nitrogen and oxygen atoms in total. The zero-order valence-electron chi connectivity index (χ0n) is 10.5. The number of carbonyl (C=O) groups excluding carboxylic acids is 1. The summed E-state index contributed by atoms with van der Waals surface area (Å²) >= 11 is 0. The molecule has 1 aromatic carbocycles. The van der Waals surface area contributed by atoms with Gasteiger partial charge in [0.05, 0.1) is 0 Å². The maximum atomic E-state index is 11.3. The molecule has 0 spiro atoms. The molecule has 1 N–H and O–H groups in total. The van der Waals surface area contributed by atoms with E-state index in [1.165, 1.54) is 5.56 Å². The fourth-order valence-corrected chi connectivity index (χ4v) is 2.63. The number of fused-ring (bicyclic) bond motifs is 1. The monoisotopic (exact) mass is 247 g/mol. The maximum absolute atomic E-state index is 11.3. The van der Waals surface area contributed by atoms with Crippen LogP contribution in [0, 0.1) is 0 Å². The number of hydrogen-bond acceptors (Lipinski definition) is 3. The van der Waals surface area contributed by atoms with Gasteiger partial charge in [-0.05, 0) is 37.5 Å². The number of hydrogen-bond donors (Lipinski definition) is 1. The van der Waals surface area contributed by atoms with Crippen LogP contribution in [0.3, 0.4) is 0 Å². The molecule has 0 saturated carbocycles. The Balaban J connectivity index is 1.79. The number of nitrogens with one attached hydrogen (secondary N) is 1. The lowest BCUT2D eigenvalue weighted by molar-refractivity contribution is -0.119. The highest BCUT2D eigenvalue weighted by Crippen LogP contribution is 2.33. The molecular weight excluding hydrogens is 230 g/mol. The summed E-state index contributed by atoms with van der Waals surface area (Å²) in [6, 6.07) is 6.01. The fraction of sp³-hybridized carbons (Fsp3) is 0.500. The Morgan fingerprint density at radius 1 is 1.28 bits per heavy atom. The highest BCUT2D eigenvalue weighted by Gasteiger charge is 2.33. The van der Waals surface area contributed by atoms with Crippen molar-refractivity contribution >= 4 is 5.91 Å². The molecular formula is C14H17NO3. The number of amides is 1. The van der Waals surface area contributed by atoms with Gasteiger partial charge in [-0.25, -0.2) is 0 Å². The largest absolute Gasteiger partial charge is 0.486 e. The third kappa shape index (κ3) is 2.15. The molecule has 2 heterocycles. The molecule has 0 aliphatic carbocycles. The smallest absolute Gasteiger partial charge is 0.220 e. The van der Waals surface area contributed by atoms with Gasteiger partial charge in [-0.1, -0.05) is 6.07 Å². The molecule has 3 rings (SSSR count). The first-order valence-corrected chi connectivity index (χ1v) is 6.34. The molecule has 1 fully saturated rings. The number of ether oxygens (including phenoxy) is 2. The zero-order chi connectivity index (χ0) is 12.6. The van der Waals surface area contributed by atoms with Crippen molar-refractivity contribution in [3.8, 4) is 11.5 Å². The van der Waals surface area contributed by atoms with E-state index >= 15 is 0 Å². The first-order valence-electron chi connectivity index (χ1n) is 6.34. The number of rotatable bonds is 2. The Kier molecular flexibility index (Phi) is 2.65. The van der Waals surface area contributed by atoms with Crippen LogP contribution in [0.15, 0.2) is 18.2 Å². The maximum Gasteiger partial charge on any atom is 0.220 e. The Labute approximate surface area is 106 Å². The molecule has 1 saturated heterocycles. The van der Waals surface area contributed by atoms with E-state index in [4.69, 9.17) is 9.47 Å². The van der Waals surface area contributed by atoms with Crippen molar-refractivity contribution in [2.24, 2.45) is 0 Å². The van der Waals surface area contributed by atoms with Gasteiger partial charge in [-0.15, -0.1) is 0 Å². The van der Waals surface area contributed by atoms with Gasteiger partial charge in [-0.2, -0.15) is 0 Å². The van der Waals surface area contributed by atoms with Crippen LogP contribution in [-0.4, -0.2) is 24.7 Å². The van der Waals surface area contributed by atoms with Crippen LogP contribution >= 0.6 is 0 Å². The van der Waals surface area contributed by atoms with Crippen molar-refractivity contribution in [1.29, 1.82) is 0 Å². The van der Waals surface area contributed by atoms with E-state index in [9.17, 15) is 4.79 Å². The van der Waals surface area contributed by atoms with Gasteiger partial charge in [0.1, 0.15) is 13.2 Å². The Morgan fingerprint density at radius 2 is 2.06 bits per heavy atom. The first kappa shape index (κ1) is 11.4. The molecule has 1 unspecified atom stereocenters. The van der Waals surface area contributed by atoms with Crippen molar-refractivity contribution in [3.63, 3.8) is 0 Å². The molecule has 2 aliphatic rings. The van der Waals surface area contributed by atoms with Crippen LogP contribution in [0.5, 0.6) is 11.5 Å². The van der Waals surface area contributed by atoms with E-state index in [-0.39, 0.29) is 11.4 Å². The van der Waals surface area contributed by atoms with Crippen molar-refractivity contribution in [3.05, 3.63) is 23.8 Å². The zero-order valence-corrected chi connectivity index (χ0v) is 10.5. The van der Waals surface area contributed by atoms with E-state index in [0.29, 0.717) is 19.6 Å². The predicted molar refractivity (Wildman–Crippen MR) is 66.9 cm³/mol. The van der Waals surface area contributed by atoms with E-state index in [2.05, 4.69) is 12.2 Å². The summed E-state index contributed by atoms with van der Waals surface area (Å²) in [4.78, 5) is 11.3. The van der Waals surface area contributed by atoms with Gasteiger partial charge in [-0.3, -0.25) is 4.79 Å². The number of benzene rings is 1. The van der Waals surface area contributed by atoms with E-state index in [0.717, 1.165) is 24.3 Å². The summed E-state index contributed by atoms with van der Waals surface area (Å²) in [7, 11) is 0. The second kappa shape index (κ2) is 4.19. The standard InChI is InChI=1S/C14H17NO3/c1-14(5-4-13(16)15-14)9-10-2-3-11-12(8-10)18-7-6-17-11/h2-3,8H,4-7,9H2,1H3,(H,15,16). The van der Waals surface area contributed by atoms with E-state index in [1.807, 2.05) is 18.2 Å². The van der Waals surface area contributed by atoms with Crippen LogP contribution < -0.4 is 14.8 Å². The van der Waals surface area contributed by atoms with Crippen molar-refractivity contribution in [2.75, 3.05) is 13.2 Å². The van der Waals surface area contributed by atoms with Crippen molar-refractivity contribution in [1.82, 2.24) is 5.32 Å². The quantitative estimate of drug-likeness (QED) is 0.864. The molecule has 18 heavy (non-hydrogen) atoms. The van der Waals surface area contributed by atoms with Crippen molar-refractivity contribution < 1.29 is 14.3 Å². The highest BCUT2D eigenvalue weighted by atomic mass is 16.6. The second-order valence-corrected chi connectivity index (χ2v) is 5.26. The molecule has 1 atom stereocenters. The molecule has 1 aromatic rings. The van der Waals surface area contributed by atoms with Crippen LogP contribution in [0.2, 0.25) is 0 Å². The van der Waals surface area contributed by atoms with Gasteiger partial charge in [0, 0.05) is 12.0 Å². The predicted octanol–water partition coefficient (Wildman–Crippen LogP) is 1.67. The van der Waals surface area contributed by atoms with Gasteiger partial charge in [0.25, 0.3) is 0 Å².